The first-order chi connectivity index (χ1) is 13.6. The van der Waals surface area contributed by atoms with E-state index in [-0.39, 0.29) is 5.91 Å². The fourth-order valence-corrected chi connectivity index (χ4v) is 4.10. The minimum atomic E-state index is 0.177. The third-order valence-corrected chi connectivity index (χ3v) is 5.67. The number of hydrogen-bond acceptors (Lipinski definition) is 6. The molecule has 0 aliphatic carbocycles. The summed E-state index contributed by atoms with van der Waals surface area (Å²) in [7, 11) is 0. The van der Waals surface area contributed by atoms with E-state index in [0.717, 1.165) is 39.9 Å². The maximum atomic E-state index is 12.7. The van der Waals surface area contributed by atoms with Crippen molar-refractivity contribution in [2.24, 2.45) is 0 Å². The first-order valence-electron chi connectivity index (χ1n) is 9.46. The monoisotopic (exact) mass is 393 g/mol. The second-order valence-corrected chi connectivity index (χ2v) is 8.23. The van der Waals surface area contributed by atoms with Gasteiger partial charge in [0.15, 0.2) is 5.13 Å². The van der Waals surface area contributed by atoms with E-state index in [9.17, 15) is 4.79 Å². The van der Waals surface area contributed by atoms with Gasteiger partial charge < -0.3 is 10.2 Å². The molecule has 28 heavy (non-hydrogen) atoms. The van der Waals surface area contributed by atoms with Gasteiger partial charge in [-0.1, -0.05) is 30.3 Å². The topological polar surface area (TPSA) is 71.0 Å². The number of aromatic nitrogens is 3. The summed E-state index contributed by atoms with van der Waals surface area (Å²) in [6, 6.07) is 10.1. The summed E-state index contributed by atoms with van der Waals surface area (Å²) in [5, 5.41) is 4.17. The minimum Gasteiger partial charge on any atom is -0.336 e. The Labute approximate surface area is 168 Å². The van der Waals surface area contributed by atoms with Gasteiger partial charge in [-0.25, -0.2) is 15.0 Å². The molecule has 6 nitrogen and oxygen atoms in total. The lowest BCUT2D eigenvalue weighted by Crippen LogP contribution is -2.37. The van der Waals surface area contributed by atoms with Gasteiger partial charge in [0, 0.05) is 29.6 Å². The van der Waals surface area contributed by atoms with Crippen LogP contribution in [0.2, 0.25) is 0 Å². The van der Waals surface area contributed by atoms with E-state index in [2.05, 4.69) is 32.4 Å². The van der Waals surface area contributed by atoms with Crippen LogP contribution in [0.25, 0.3) is 0 Å². The lowest BCUT2D eigenvalue weighted by atomic mass is 10.0. The Morgan fingerprint density at radius 1 is 1.21 bits per heavy atom. The van der Waals surface area contributed by atoms with Gasteiger partial charge in [-0.2, -0.15) is 0 Å². The number of aryl methyl sites for hydroxylation is 3. The van der Waals surface area contributed by atoms with E-state index in [1.54, 1.807) is 11.3 Å². The molecule has 144 valence electrons. The van der Waals surface area contributed by atoms with Crippen LogP contribution in [0.5, 0.6) is 0 Å². The van der Waals surface area contributed by atoms with Gasteiger partial charge in [0.25, 0.3) is 0 Å². The summed E-state index contributed by atoms with van der Waals surface area (Å²) in [5.74, 6) is 1.69. The number of benzene rings is 1. The number of carbonyl (C=O) groups is 1. The summed E-state index contributed by atoms with van der Waals surface area (Å²) in [5.41, 5.74) is 3.21. The number of rotatable bonds is 5. The van der Waals surface area contributed by atoms with Crippen LogP contribution in [0.3, 0.4) is 0 Å². The number of thiazole rings is 1. The number of nitrogens with zero attached hydrogens (tertiary/aromatic N) is 4. The Morgan fingerprint density at radius 2 is 2.04 bits per heavy atom. The second kappa shape index (κ2) is 8.06. The third-order valence-electron chi connectivity index (χ3n) is 4.85. The number of nitrogens with one attached hydrogen (secondary N) is 1. The average Bonchev–Trinajstić information content (AvgIpc) is 3.11. The molecule has 0 spiro atoms. The number of hydrogen-bond donors (Lipinski definition) is 1. The summed E-state index contributed by atoms with van der Waals surface area (Å²) >= 11 is 1.60. The van der Waals surface area contributed by atoms with Crippen molar-refractivity contribution < 1.29 is 4.79 Å². The normalized spacial score (nSPS) is 13.3. The molecule has 1 N–H and O–H groups in total. The molecule has 0 saturated heterocycles. The first kappa shape index (κ1) is 18.6. The molecule has 0 bridgehead atoms. The van der Waals surface area contributed by atoms with Crippen molar-refractivity contribution in [2.45, 2.75) is 39.7 Å². The van der Waals surface area contributed by atoms with Crippen molar-refractivity contribution in [1.82, 2.24) is 19.9 Å². The SMILES string of the molecule is Cc1nc2c(c(Nc3ncc(C)s3)n1)CCN(C(=O)CCc1ccccc1)C2. The first-order valence-corrected chi connectivity index (χ1v) is 10.3. The highest BCUT2D eigenvalue weighted by Gasteiger charge is 2.25. The summed E-state index contributed by atoms with van der Waals surface area (Å²) < 4.78 is 0. The zero-order valence-electron chi connectivity index (χ0n) is 16.1. The standard InChI is InChI=1S/C21H23N5OS/c1-14-12-22-21(28-14)25-20-17-10-11-26(13-18(17)23-15(2)24-20)19(27)9-8-16-6-4-3-5-7-16/h3-7,12H,8-11,13H2,1-2H3,(H,22,23,24,25). The second-order valence-electron chi connectivity index (χ2n) is 7.00. The van der Waals surface area contributed by atoms with E-state index in [1.807, 2.05) is 43.1 Å². The molecular weight excluding hydrogens is 370 g/mol. The van der Waals surface area contributed by atoms with Crippen LogP contribution >= 0.6 is 11.3 Å². The average molecular weight is 394 g/mol. The van der Waals surface area contributed by atoms with Gasteiger partial charge >= 0.3 is 0 Å². The highest BCUT2D eigenvalue weighted by atomic mass is 32.1. The molecule has 0 unspecified atom stereocenters. The number of fused-ring (bicyclic) bond motifs is 1. The fraction of sp³-hybridized carbons (Fsp3) is 0.333. The lowest BCUT2D eigenvalue weighted by Gasteiger charge is -2.29. The van der Waals surface area contributed by atoms with E-state index in [4.69, 9.17) is 0 Å². The quantitative estimate of drug-likeness (QED) is 0.714. The highest BCUT2D eigenvalue weighted by Crippen LogP contribution is 2.28. The zero-order valence-corrected chi connectivity index (χ0v) is 16.9. The van der Waals surface area contributed by atoms with Crippen molar-refractivity contribution in [1.29, 1.82) is 0 Å². The van der Waals surface area contributed by atoms with Crippen LogP contribution in [0.15, 0.2) is 36.5 Å². The lowest BCUT2D eigenvalue weighted by molar-refractivity contribution is -0.132. The highest BCUT2D eigenvalue weighted by molar-refractivity contribution is 7.15. The molecule has 1 amide bonds. The van der Waals surface area contributed by atoms with E-state index < -0.39 is 0 Å². The van der Waals surface area contributed by atoms with Crippen molar-refractivity contribution in [3.05, 3.63) is 64.1 Å². The third kappa shape index (κ3) is 4.20. The van der Waals surface area contributed by atoms with Crippen LogP contribution < -0.4 is 5.32 Å². The molecule has 3 heterocycles. The Kier molecular flexibility index (Phi) is 5.34. The molecule has 0 atom stereocenters. The van der Waals surface area contributed by atoms with Crippen LogP contribution in [0, 0.1) is 13.8 Å². The molecule has 1 aromatic carbocycles. The van der Waals surface area contributed by atoms with E-state index >= 15 is 0 Å². The van der Waals surface area contributed by atoms with Crippen LogP contribution in [-0.4, -0.2) is 32.3 Å². The van der Waals surface area contributed by atoms with Gasteiger partial charge in [0.1, 0.15) is 11.6 Å². The summed E-state index contributed by atoms with van der Waals surface area (Å²) in [6.45, 7) is 5.15. The van der Waals surface area contributed by atoms with Crippen molar-refractivity contribution in [3.63, 3.8) is 0 Å². The predicted octanol–water partition coefficient (Wildman–Crippen LogP) is 3.81. The fourth-order valence-electron chi connectivity index (χ4n) is 3.44. The summed E-state index contributed by atoms with van der Waals surface area (Å²) in [6.07, 6.45) is 3.88. The van der Waals surface area contributed by atoms with Gasteiger partial charge in [-0.05, 0) is 32.3 Å². The molecule has 3 aromatic rings. The van der Waals surface area contributed by atoms with Crippen molar-refractivity contribution in [2.75, 3.05) is 11.9 Å². The molecule has 0 saturated carbocycles. The van der Waals surface area contributed by atoms with Gasteiger partial charge in [-0.15, -0.1) is 11.3 Å². The van der Waals surface area contributed by atoms with E-state index in [0.29, 0.717) is 25.3 Å². The Hall–Kier alpha value is -2.80. The maximum Gasteiger partial charge on any atom is 0.223 e. The van der Waals surface area contributed by atoms with Crippen LogP contribution in [0.1, 0.15) is 33.9 Å². The van der Waals surface area contributed by atoms with Gasteiger partial charge in [0.05, 0.1) is 12.2 Å². The summed E-state index contributed by atoms with van der Waals surface area (Å²) in [4.78, 5) is 29.3. The van der Waals surface area contributed by atoms with Crippen molar-refractivity contribution >= 4 is 28.2 Å². The maximum absolute atomic E-state index is 12.7. The molecule has 0 radical (unpaired) electrons. The molecule has 4 rings (SSSR count). The largest absolute Gasteiger partial charge is 0.336 e. The van der Waals surface area contributed by atoms with Gasteiger partial charge in [0.2, 0.25) is 5.91 Å². The predicted molar refractivity (Wildman–Crippen MR) is 111 cm³/mol. The zero-order chi connectivity index (χ0) is 19.5. The van der Waals surface area contributed by atoms with Crippen LogP contribution in [-0.2, 0) is 24.2 Å². The Morgan fingerprint density at radius 3 is 2.79 bits per heavy atom. The number of anilines is 2. The Balaban J connectivity index is 1.46. The molecule has 1 aliphatic rings. The van der Waals surface area contributed by atoms with Gasteiger partial charge in [-0.3, -0.25) is 4.79 Å². The molecule has 2 aromatic heterocycles. The Bertz CT molecular complexity index is 986. The number of carbonyl (C=O) groups excluding carboxylic acids is 1. The van der Waals surface area contributed by atoms with Crippen molar-refractivity contribution in [3.8, 4) is 0 Å². The molecule has 1 aliphatic heterocycles. The minimum absolute atomic E-state index is 0.177. The smallest absolute Gasteiger partial charge is 0.223 e. The molecule has 7 heteroatoms. The molecular formula is C21H23N5OS. The van der Waals surface area contributed by atoms with E-state index in [1.165, 1.54) is 5.56 Å². The number of amides is 1. The van der Waals surface area contributed by atoms with Crippen LogP contribution in [0.4, 0.5) is 10.9 Å². The molecule has 0 fully saturated rings.